The van der Waals surface area contributed by atoms with Crippen molar-refractivity contribution in [3.8, 4) is 0 Å². The second kappa shape index (κ2) is 5.76. The summed E-state index contributed by atoms with van der Waals surface area (Å²) in [6, 6.07) is 6.16. The molecule has 0 amide bonds. The second-order valence-corrected chi connectivity index (χ2v) is 7.04. The van der Waals surface area contributed by atoms with Crippen LogP contribution in [0.2, 0.25) is 5.02 Å². The van der Waals surface area contributed by atoms with Crippen LogP contribution in [0.15, 0.2) is 35.3 Å². The highest BCUT2D eigenvalue weighted by Gasteiger charge is 2.36. The number of fused-ring (bicyclic) bond motifs is 4. The van der Waals surface area contributed by atoms with E-state index in [0.717, 1.165) is 24.4 Å². The molecule has 0 saturated carbocycles. The van der Waals surface area contributed by atoms with Gasteiger partial charge in [0.25, 0.3) is 5.56 Å². The lowest BCUT2D eigenvalue weighted by atomic mass is 9.83. The third kappa shape index (κ3) is 2.90. The first-order valence-electron chi connectivity index (χ1n) is 8.00. The molecule has 2 bridgehead atoms. The second-order valence-electron chi connectivity index (χ2n) is 6.63. The number of hydrogen-bond donors (Lipinski definition) is 0. The highest BCUT2D eigenvalue weighted by molar-refractivity contribution is 6.33. The van der Waals surface area contributed by atoms with Gasteiger partial charge in [0.05, 0.1) is 10.6 Å². The summed E-state index contributed by atoms with van der Waals surface area (Å²) in [6.07, 6.45) is -2.68. The lowest BCUT2D eigenvalue weighted by molar-refractivity contribution is -0.137. The Morgan fingerprint density at radius 2 is 2.00 bits per heavy atom. The molecule has 4 nitrogen and oxygen atoms in total. The maximum absolute atomic E-state index is 12.8. The van der Waals surface area contributed by atoms with E-state index in [2.05, 4.69) is 4.98 Å². The summed E-state index contributed by atoms with van der Waals surface area (Å²) >= 11 is 6.09. The van der Waals surface area contributed by atoms with Gasteiger partial charge in [-0.3, -0.25) is 4.79 Å². The highest BCUT2D eigenvalue weighted by atomic mass is 35.5. The summed E-state index contributed by atoms with van der Waals surface area (Å²) in [4.78, 5) is 17.9. The van der Waals surface area contributed by atoms with Crippen molar-refractivity contribution < 1.29 is 13.2 Å². The lowest BCUT2D eigenvalue weighted by Crippen LogP contribution is -2.47. The van der Waals surface area contributed by atoms with E-state index in [1.165, 1.54) is 0 Å². The molecule has 2 aromatic heterocycles. The van der Waals surface area contributed by atoms with E-state index < -0.39 is 11.7 Å². The molecule has 132 valence electrons. The standard InChI is InChI=1S/C17H15ClF3N3O/c18-13-5-12(17(19,20)21)6-22-16(13)23-7-10-4-11(9-23)14-2-1-3-15(25)24(14)8-10/h1-3,5-6,10-11H,4,7-9H2. The lowest BCUT2D eigenvalue weighted by Gasteiger charge is -2.43. The van der Waals surface area contributed by atoms with E-state index in [1.54, 1.807) is 16.7 Å². The molecule has 0 aromatic carbocycles. The average molecular weight is 370 g/mol. The van der Waals surface area contributed by atoms with Crippen molar-refractivity contribution in [2.24, 2.45) is 5.92 Å². The molecular weight excluding hydrogens is 355 g/mol. The predicted octanol–water partition coefficient (Wildman–Crippen LogP) is 3.54. The Bertz CT molecular complexity index is 880. The molecule has 0 N–H and O–H groups in total. The number of rotatable bonds is 1. The van der Waals surface area contributed by atoms with E-state index in [-0.39, 0.29) is 22.4 Å². The molecule has 2 atom stereocenters. The van der Waals surface area contributed by atoms with Crippen LogP contribution >= 0.6 is 11.6 Å². The van der Waals surface area contributed by atoms with Gasteiger partial charge in [-0.25, -0.2) is 4.98 Å². The Hall–Kier alpha value is -2.02. The van der Waals surface area contributed by atoms with Gasteiger partial charge in [-0.15, -0.1) is 0 Å². The van der Waals surface area contributed by atoms with Gasteiger partial charge >= 0.3 is 6.18 Å². The maximum atomic E-state index is 12.8. The van der Waals surface area contributed by atoms with Crippen LogP contribution in [0.1, 0.15) is 23.6 Å². The molecule has 25 heavy (non-hydrogen) atoms. The molecule has 4 rings (SSSR count). The molecule has 2 aliphatic rings. The first kappa shape index (κ1) is 16.4. The van der Waals surface area contributed by atoms with Crippen molar-refractivity contribution in [1.82, 2.24) is 9.55 Å². The first-order chi connectivity index (χ1) is 11.8. The topological polar surface area (TPSA) is 38.1 Å². The molecule has 1 fully saturated rings. The SMILES string of the molecule is O=c1cccc2n1CC1CC2CN(c2ncc(C(F)(F)F)cc2Cl)C1. The van der Waals surface area contributed by atoms with Gasteiger partial charge in [0, 0.05) is 43.5 Å². The molecule has 2 aromatic rings. The molecule has 4 heterocycles. The van der Waals surface area contributed by atoms with E-state index in [1.807, 2.05) is 11.0 Å². The molecule has 0 radical (unpaired) electrons. The Morgan fingerprint density at radius 3 is 2.72 bits per heavy atom. The van der Waals surface area contributed by atoms with E-state index in [4.69, 9.17) is 11.6 Å². The first-order valence-corrected chi connectivity index (χ1v) is 8.38. The summed E-state index contributed by atoms with van der Waals surface area (Å²) in [6.45, 7) is 1.81. The van der Waals surface area contributed by atoms with Gasteiger partial charge in [0.1, 0.15) is 5.82 Å². The van der Waals surface area contributed by atoms with Crippen LogP contribution in [-0.2, 0) is 12.7 Å². The summed E-state index contributed by atoms with van der Waals surface area (Å²) in [5.41, 5.74) is 0.109. The molecule has 0 aliphatic carbocycles. The number of aromatic nitrogens is 2. The van der Waals surface area contributed by atoms with Crippen molar-refractivity contribution in [2.75, 3.05) is 18.0 Å². The number of hydrogen-bond acceptors (Lipinski definition) is 3. The molecule has 0 spiro atoms. The van der Waals surface area contributed by atoms with Crippen LogP contribution < -0.4 is 10.5 Å². The molecule has 2 unspecified atom stereocenters. The summed E-state index contributed by atoms with van der Waals surface area (Å²) in [7, 11) is 0. The van der Waals surface area contributed by atoms with Crippen molar-refractivity contribution >= 4 is 17.4 Å². The zero-order valence-electron chi connectivity index (χ0n) is 13.1. The van der Waals surface area contributed by atoms with Gasteiger partial charge in [-0.05, 0) is 24.5 Å². The fourth-order valence-corrected chi connectivity index (χ4v) is 4.17. The number of nitrogens with zero attached hydrogens (tertiary/aromatic N) is 3. The van der Waals surface area contributed by atoms with Crippen LogP contribution in [0.4, 0.5) is 19.0 Å². The fraction of sp³-hybridized carbons (Fsp3) is 0.412. The third-order valence-corrected chi connectivity index (χ3v) is 5.21. The van der Waals surface area contributed by atoms with E-state index in [0.29, 0.717) is 25.5 Å². The molecule has 1 saturated heterocycles. The van der Waals surface area contributed by atoms with Crippen LogP contribution in [-0.4, -0.2) is 22.6 Å². The summed E-state index contributed by atoms with van der Waals surface area (Å²) in [5.74, 6) is 0.754. The molecular formula is C17H15ClF3N3O. The third-order valence-electron chi connectivity index (χ3n) is 4.93. The largest absolute Gasteiger partial charge is 0.417 e. The molecule has 2 aliphatic heterocycles. The van der Waals surface area contributed by atoms with Gasteiger partial charge < -0.3 is 9.47 Å². The van der Waals surface area contributed by atoms with E-state index >= 15 is 0 Å². The number of pyridine rings is 2. The monoisotopic (exact) mass is 369 g/mol. The smallest absolute Gasteiger partial charge is 0.354 e. The van der Waals surface area contributed by atoms with Crippen molar-refractivity contribution in [2.45, 2.75) is 25.1 Å². The van der Waals surface area contributed by atoms with Gasteiger partial charge in [0.2, 0.25) is 0 Å². The Balaban J connectivity index is 1.66. The number of halogens is 4. The number of piperidine rings is 1. The zero-order chi connectivity index (χ0) is 17.8. The summed E-state index contributed by atoms with van der Waals surface area (Å²) < 4.78 is 40.2. The van der Waals surface area contributed by atoms with Crippen molar-refractivity contribution in [3.05, 3.63) is 57.1 Å². The van der Waals surface area contributed by atoms with Gasteiger partial charge in [0.15, 0.2) is 0 Å². The average Bonchev–Trinajstić information content (AvgIpc) is 2.55. The van der Waals surface area contributed by atoms with Crippen LogP contribution in [0.3, 0.4) is 0 Å². The molecule has 8 heteroatoms. The van der Waals surface area contributed by atoms with Crippen LogP contribution in [0, 0.1) is 5.92 Å². The fourth-order valence-electron chi connectivity index (χ4n) is 3.89. The van der Waals surface area contributed by atoms with Gasteiger partial charge in [-0.2, -0.15) is 13.2 Å². The minimum Gasteiger partial charge on any atom is -0.354 e. The number of anilines is 1. The minimum atomic E-state index is -4.46. The van der Waals surface area contributed by atoms with Crippen molar-refractivity contribution in [3.63, 3.8) is 0 Å². The quantitative estimate of drug-likeness (QED) is 0.771. The summed E-state index contributed by atoms with van der Waals surface area (Å²) in [5, 5.41) is 0.000232. The zero-order valence-corrected chi connectivity index (χ0v) is 13.9. The maximum Gasteiger partial charge on any atom is 0.417 e. The van der Waals surface area contributed by atoms with Gasteiger partial charge in [-0.1, -0.05) is 17.7 Å². The number of alkyl halides is 3. The van der Waals surface area contributed by atoms with Crippen LogP contribution in [0.5, 0.6) is 0 Å². The Morgan fingerprint density at radius 1 is 1.20 bits per heavy atom. The Labute approximate surface area is 146 Å². The Kier molecular flexibility index (Phi) is 3.79. The van der Waals surface area contributed by atoms with Crippen molar-refractivity contribution in [1.29, 1.82) is 0 Å². The van der Waals surface area contributed by atoms with Crippen LogP contribution in [0.25, 0.3) is 0 Å². The highest BCUT2D eigenvalue weighted by Crippen LogP contribution is 2.39. The predicted molar refractivity (Wildman–Crippen MR) is 88.0 cm³/mol. The minimum absolute atomic E-state index is 0.000232. The normalized spacial score (nSPS) is 22.6. The van der Waals surface area contributed by atoms with E-state index in [9.17, 15) is 18.0 Å².